The lowest BCUT2D eigenvalue weighted by atomic mass is 10.1. The van der Waals surface area contributed by atoms with Crippen LogP contribution in [0.25, 0.3) is 0 Å². The van der Waals surface area contributed by atoms with Gasteiger partial charge in [-0.2, -0.15) is 0 Å². The molecule has 0 spiro atoms. The summed E-state index contributed by atoms with van der Waals surface area (Å²) in [6.07, 6.45) is 0. The Morgan fingerprint density at radius 1 is 0.882 bits per heavy atom. The van der Waals surface area contributed by atoms with E-state index >= 15 is 0 Å². The Labute approximate surface area is 200 Å². The number of hydrogen-bond donors (Lipinski definition) is 3. The molecule has 0 aromatic heterocycles. The Hall–Kier alpha value is -4.24. The Balaban J connectivity index is 1.85. The minimum absolute atomic E-state index is 0.128. The van der Waals surface area contributed by atoms with Crippen LogP contribution in [0.2, 0.25) is 5.02 Å². The first-order chi connectivity index (χ1) is 16.3. The smallest absolute Gasteiger partial charge is 0.257 e. The monoisotopic (exact) mass is 483 g/mol. The molecule has 0 atom stereocenters. The average molecular weight is 484 g/mol. The lowest BCUT2D eigenvalue weighted by Gasteiger charge is -2.16. The number of ether oxygens (including phenoxy) is 3. The number of benzene rings is 3. The summed E-state index contributed by atoms with van der Waals surface area (Å²) in [5.41, 5.74) is 6.41. The van der Waals surface area contributed by atoms with Gasteiger partial charge in [0, 0.05) is 16.3 Å². The van der Waals surface area contributed by atoms with Crippen LogP contribution in [0.15, 0.2) is 60.7 Å². The van der Waals surface area contributed by atoms with Crippen molar-refractivity contribution in [3.63, 3.8) is 0 Å². The molecule has 4 N–H and O–H groups in total. The molecule has 3 rings (SSSR count). The fraction of sp³-hybridized carbons (Fsp3) is 0.125. The van der Waals surface area contributed by atoms with Crippen LogP contribution in [0, 0.1) is 0 Å². The number of halogens is 1. The van der Waals surface area contributed by atoms with Crippen molar-refractivity contribution < 1.29 is 28.6 Å². The average Bonchev–Trinajstić information content (AvgIpc) is 2.83. The van der Waals surface area contributed by atoms with E-state index in [4.69, 9.17) is 31.5 Å². The Morgan fingerprint density at radius 3 is 2.09 bits per heavy atom. The number of primary amides is 1. The van der Waals surface area contributed by atoms with Crippen LogP contribution in [0.4, 0.5) is 11.4 Å². The molecule has 0 saturated heterocycles. The number of anilines is 2. The summed E-state index contributed by atoms with van der Waals surface area (Å²) in [5.74, 6) is -1.16. The van der Waals surface area contributed by atoms with Crippen LogP contribution in [0.3, 0.4) is 0 Å². The molecule has 10 heteroatoms. The molecule has 0 heterocycles. The first-order valence-electron chi connectivity index (χ1n) is 9.96. The number of methoxy groups -OCH3 is 2. The summed E-state index contributed by atoms with van der Waals surface area (Å²) < 4.78 is 15.9. The number of amides is 3. The molecule has 9 nitrogen and oxygen atoms in total. The van der Waals surface area contributed by atoms with E-state index in [0.717, 1.165) is 0 Å². The molecule has 0 aliphatic heterocycles. The van der Waals surface area contributed by atoms with Crippen LogP contribution < -0.4 is 30.6 Å². The summed E-state index contributed by atoms with van der Waals surface area (Å²) in [5, 5.41) is 6.03. The summed E-state index contributed by atoms with van der Waals surface area (Å²) in [4.78, 5) is 36.9. The number of rotatable bonds is 9. The fourth-order valence-electron chi connectivity index (χ4n) is 3.01. The molecule has 176 valence electrons. The second-order valence-electron chi connectivity index (χ2n) is 6.93. The van der Waals surface area contributed by atoms with Crippen molar-refractivity contribution in [2.75, 3.05) is 31.5 Å². The van der Waals surface area contributed by atoms with Crippen molar-refractivity contribution in [1.82, 2.24) is 0 Å². The first kappa shape index (κ1) is 24.4. The lowest BCUT2D eigenvalue weighted by Crippen LogP contribution is -2.21. The molecule has 3 aromatic carbocycles. The molecule has 0 bridgehead atoms. The van der Waals surface area contributed by atoms with Gasteiger partial charge in [0.2, 0.25) is 5.75 Å². The number of nitrogens with one attached hydrogen (secondary N) is 2. The van der Waals surface area contributed by atoms with Gasteiger partial charge in [-0.3, -0.25) is 14.4 Å². The summed E-state index contributed by atoms with van der Waals surface area (Å²) in [7, 11) is 2.76. The minimum atomic E-state index is -0.681. The summed E-state index contributed by atoms with van der Waals surface area (Å²) in [6, 6.07) is 16.1. The van der Waals surface area contributed by atoms with E-state index in [1.54, 1.807) is 48.5 Å². The number of carbonyl (C=O) groups is 3. The van der Waals surface area contributed by atoms with Gasteiger partial charge in [0.25, 0.3) is 17.7 Å². The van der Waals surface area contributed by atoms with Crippen molar-refractivity contribution in [2.24, 2.45) is 5.73 Å². The van der Waals surface area contributed by atoms with E-state index in [9.17, 15) is 14.4 Å². The predicted octanol–water partition coefficient (Wildman–Crippen LogP) is 3.73. The number of hydrogen-bond acceptors (Lipinski definition) is 6. The van der Waals surface area contributed by atoms with Gasteiger partial charge in [-0.25, -0.2) is 0 Å². The van der Waals surface area contributed by atoms with Crippen molar-refractivity contribution in [3.8, 4) is 17.2 Å². The van der Waals surface area contributed by atoms with E-state index < -0.39 is 24.3 Å². The molecule has 0 saturated carbocycles. The lowest BCUT2D eigenvalue weighted by molar-refractivity contribution is -0.120. The third-order valence-electron chi connectivity index (χ3n) is 4.60. The maximum atomic E-state index is 13.0. The second kappa shape index (κ2) is 11.1. The van der Waals surface area contributed by atoms with Crippen LogP contribution >= 0.6 is 11.6 Å². The first-order valence-corrected chi connectivity index (χ1v) is 10.3. The van der Waals surface area contributed by atoms with Crippen molar-refractivity contribution in [1.29, 1.82) is 0 Å². The SMILES string of the molecule is COc1cc(C(=O)Nc2ccccc2C(=O)Nc2ccc(Cl)cc2)cc(OC)c1OCC(N)=O. The normalized spacial score (nSPS) is 10.2. The number of para-hydroxylation sites is 1. The number of nitrogens with two attached hydrogens (primary N) is 1. The van der Waals surface area contributed by atoms with Crippen molar-refractivity contribution in [2.45, 2.75) is 0 Å². The highest BCUT2D eigenvalue weighted by Gasteiger charge is 2.20. The van der Waals surface area contributed by atoms with Crippen LogP contribution in [-0.4, -0.2) is 38.5 Å². The van der Waals surface area contributed by atoms with E-state index in [1.165, 1.54) is 26.4 Å². The van der Waals surface area contributed by atoms with E-state index in [-0.39, 0.29) is 28.4 Å². The van der Waals surface area contributed by atoms with Crippen LogP contribution in [-0.2, 0) is 4.79 Å². The van der Waals surface area contributed by atoms with Gasteiger partial charge in [0.05, 0.1) is 25.5 Å². The predicted molar refractivity (Wildman–Crippen MR) is 128 cm³/mol. The van der Waals surface area contributed by atoms with Gasteiger partial charge in [0.15, 0.2) is 18.1 Å². The topological polar surface area (TPSA) is 129 Å². The molecule has 3 amide bonds. The third kappa shape index (κ3) is 5.96. The molecular formula is C24H22ClN3O6. The molecule has 0 aliphatic carbocycles. The van der Waals surface area contributed by atoms with Gasteiger partial charge in [0.1, 0.15) is 0 Å². The van der Waals surface area contributed by atoms with E-state index in [0.29, 0.717) is 16.4 Å². The zero-order chi connectivity index (χ0) is 24.7. The highest BCUT2D eigenvalue weighted by atomic mass is 35.5. The summed E-state index contributed by atoms with van der Waals surface area (Å²) in [6.45, 7) is -0.394. The van der Waals surface area contributed by atoms with Gasteiger partial charge < -0.3 is 30.6 Å². The Kier molecular flexibility index (Phi) is 7.94. The maximum Gasteiger partial charge on any atom is 0.257 e. The molecule has 0 aliphatic rings. The summed E-state index contributed by atoms with van der Waals surface area (Å²) >= 11 is 5.88. The molecule has 0 fully saturated rings. The van der Waals surface area contributed by atoms with Gasteiger partial charge >= 0.3 is 0 Å². The van der Waals surface area contributed by atoms with Gasteiger partial charge in [-0.1, -0.05) is 23.7 Å². The standard InChI is InChI=1S/C24H22ClN3O6/c1-32-19-11-14(12-20(33-2)22(19)34-13-21(26)29)23(30)28-18-6-4-3-5-17(18)24(31)27-16-9-7-15(25)8-10-16/h3-12H,13H2,1-2H3,(H2,26,29)(H,27,31)(H,28,30). The molecular weight excluding hydrogens is 462 g/mol. The van der Waals surface area contributed by atoms with Crippen LogP contribution in [0.1, 0.15) is 20.7 Å². The van der Waals surface area contributed by atoms with Gasteiger partial charge in [-0.15, -0.1) is 0 Å². The highest BCUT2D eigenvalue weighted by Crippen LogP contribution is 2.38. The largest absolute Gasteiger partial charge is 0.493 e. The van der Waals surface area contributed by atoms with Gasteiger partial charge in [-0.05, 0) is 48.5 Å². The Bertz CT molecular complexity index is 1190. The zero-order valence-electron chi connectivity index (χ0n) is 18.4. The molecule has 0 radical (unpaired) electrons. The third-order valence-corrected chi connectivity index (χ3v) is 4.86. The maximum absolute atomic E-state index is 13.0. The molecule has 34 heavy (non-hydrogen) atoms. The quantitative estimate of drug-likeness (QED) is 0.425. The molecule has 3 aromatic rings. The number of carbonyl (C=O) groups excluding carboxylic acids is 3. The Morgan fingerprint density at radius 2 is 1.50 bits per heavy atom. The molecule has 0 unspecified atom stereocenters. The second-order valence-corrected chi connectivity index (χ2v) is 7.36. The van der Waals surface area contributed by atoms with E-state index in [1.807, 2.05) is 0 Å². The van der Waals surface area contributed by atoms with Crippen molar-refractivity contribution in [3.05, 3.63) is 76.8 Å². The highest BCUT2D eigenvalue weighted by molar-refractivity contribution is 6.30. The minimum Gasteiger partial charge on any atom is -0.493 e. The fourth-order valence-corrected chi connectivity index (χ4v) is 3.14. The van der Waals surface area contributed by atoms with E-state index in [2.05, 4.69) is 10.6 Å². The zero-order valence-corrected chi connectivity index (χ0v) is 19.1. The van der Waals surface area contributed by atoms with Crippen LogP contribution in [0.5, 0.6) is 17.2 Å². The van der Waals surface area contributed by atoms with Crippen molar-refractivity contribution >= 4 is 40.7 Å².